The Bertz CT molecular complexity index is 206. The van der Waals surface area contributed by atoms with Crippen LogP contribution in [-0.4, -0.2) is 51.5 Å². The van der Waals surface area contributed by atoms with Crippen LogP contribution in [0.3, 0.4) is 0 Å². The first-order chi connectivity index (χ1) is 8.33. The fourth-order valence-electron chi connectivity index (χ4n) is 1.85. The van der Waals surface area contributed by atoms with Crippen LogP contribution in [0.15, 0.2) is 0 Å². The number of nitrogens with two attached hydrogens (primary N) is 1. The highest BCUT2D eigenvalue weighted by Gasteiger charge is 2.17. The summed E-state index contributed by atoms with van der Waals surface area (Å²) in [5.41, 5.74) is 0. The zero-order valence-corrected chi connectivity index (χ0v) is 10.7. The van der Waals surface area contributed by atoms with Crippen molar-refractivity contribution in [2.45, 2.75) is 32.3 Å². The summed E-state index contributed by atoms with van der Waals surface area (Å²) in [5.74, 6) is 0.0968. The van der Waals surface area contributed by atoms with Gasteiger partial charge >= 0.3 is 0 Å². The van der Waals surface area contributed by atoms with Gasteiger partial charge < -0.3 is 20.1 Å². The van der Waals surface area contributed by atoms with E-state index >= 15 is 0 Å². The van der Waals surface area contributed by atoms with Crippen LogP contribution < -0.4 is 10.6 Å². The molecule has 1 aliphatic rings. The number of quaternary nitrogens is 1. The van der Waals surface area contributed by atoms with Crippen molar-refractivity contribution in [3.8, 4) is 0 Å². The minimum absolute atomic E-state index is 0.0968. The van der Waals surface area contributed by atoms with E-state index in [-0.39, 0.29) is 5.91 Å². The first-order valence-corrected chi connectivity index (χ1v) is 6.60. The van der Waals surface area contributed by atoms with Gasteiger partial charge in [-0.2, -0.15) is 0 Å². The highest BCUT2D eigenvalue weighted by atomic mass is 16.5. The average Bonchev–Trinajstić information content (AvgIpc) is 2.82. The molecule has 0 aromatic carbocycles. The van der Waals surface area contributed by atoms with E-state index < -0.39 is 0 Å². The lowest BCUT2D eigenvalue weighted by molar-refractivity contribution is -0.650. The Kier molecular flexibility index (Phi) is 7.96. The first kappa shape index (κ1) is 14.4. The van der Waals surface area contributed by atoms with Crippen LogP contribution in [0.1, 0.15) is 26.2 Å². The van der Waals surface area contributed by atoms with Crippen LogP contribution in [0.4, 0.5) is 0 Å². The summed E-state index contributed by atoms with van der Waals surface area (Å²) in [6.45, 7) is 6.40. The molecular weight excluding hydrogens is 220 g/mol. The lowest BCUT2D eigenvalue weighted by Crippen LogP contribution is -2.88. The van der Waals surface area contributed by atoms with Gasteiger partial charge in [0.25, 0.3) is 5.91 Å². The summed E-state index contributed by atoms with van der Waals surface area (Å²) in [5, 5.41) is 4.90. The Labute approximate surface area is 103 Å². The highest BCUT2D eigenvalue weighted by Crippen LogP contribution is 2.08. The highest BCUT2D eigenvalue weighted by molar-refractivity contribution is 5.76. The summed E-state index contributed by atoms with van der Waals surface area (Å²) < 4.78 is 10.7. The molecule has 1 heterocycles. The van der Waals surface area contributed by atoms with Crippen LogP contribution in [-0.2, 0) is 14.3 Å². The van der Waals surface area contributed by atoms with E-state index in [1.54, 1.807) is 0 Å². The molecule has 1 fully saturated rings. The van der Waals surface area contributed by atoms with Gasteiger partial charge in [0.05, 0.1) is 0 Å². The number of ether oxygens (including phenoxy) is 2. The SMILES string of the molecule is CCOCCCNC(=O)C[NH2+]C[C@H]1CCCO1. The van der Waals surface area contributed by atoms with Crippen molar-refractivity contribution >= 4 is 5.91 Å². The lowest BCUT2D eigenvalue weighted by atomic mass is 10.2. The smallest absolute Gasteiger partial charge is 0.275 e. The van der Waals surface area contributed by atoms with Crippen LogP contribution in [0.5, 0.6) is 0 Å². The van der Waals surface area contributed by atoms with Gasteiger partial charge in [-0.15, -0.1) is 0 Å². The summed E-state index contributed by atoms with van der Waals surface area (Å²) >= 11 is 0. The molecule has 100 valence electrons. The molecular formula is C12H25N2O3+. The second-order valence-corrected chi connectivity index (χ2v) is 4.26. The standard InChI is InChI=1S/C12H24N2O3/c1-2-16-7-4-6-14-12(15)10-13-9-11-5-3-8-17-11/h11,13H,2-10H2,1H3,(H,14,15)/p+1/t11-/m1/s1. The maximum atomic E-state index is 11.4. The summed E-state index contributed by atoms with van der Waals surface area (Å²) in [7, 11) is 0. The molecule has 0 aliphatic carbocycles. The molecule has 0 radical (unpaired) electrons. The van der Waals surface area contributed by atoms with Crippen LogP contribution in [0.25, 0.3) is 0 Å². The summed E-state index contributed by atoms with van der Waals surface area (Å²) in [6, 6.07) is 0. The lowest BCUT2D eigenvalue weighted by Gasteiger charge is -2.08. The second kappa shape index (κ2) is 9.39. The fourth-order valence-corrected chi connectivity index (χ4v) is 1.85. The summed E-state index contributed by atoms with van der Waals surface area (Å²) in [6.07, 6.45) is 3.51. The van der Waals surface area contributed by atoms with Gasteiger partial charge in [-0.1, -0.05) is 0 Å². The molecule has 0 saturated carbocycles. The monoisotopic (exact) mass is 245 g/mol. The topological polar surface area (TPSA) is 64.2 Å². The third kappa shape index (κ3) is 7.31. The number of amides is 1. The van der Waals surface area contributed by atoms with Gasteiger partial charge in [-0.25, -0.2) is 0 Å². The van der Waals surface area contributed by atoms with Crippen molar-refractivity contribution in [2.75, 3.05) is 39.5 Å². The number of carbonyl (C=O) groups excluding carboxylic acids is 1. The third-order valence-corrected chi connectivity index (χ3v) is 2.78. The molecule has 0 aromatic rings. The molecule has 0 spiro atoms. The fraction of sp³-hybridized carbons (Fsp3) is 0.917. The molecule has 3 N–H and O–H groups in total. The van der Waals surface area contributed by atoms with E-state index in [0.717, 1.165) is 45.6 Å². The maximum absolute atomic E-state index is 11.4. The normalized spacial score (nSPS) is 19.5. The quantitative estimate of drug-likeness (QED) is 0.527. The molecule has 0 unspecified atom stereocenters. The van der Waals surface area contributed by atoms with E-state index in [1.807, 2.05) is 12.2 Å². The van der Waals surface area contributed by atoms with E-state index in [9.17, 15) is 4.79 Å². The zero-order chi connectivity index (χ0) is 12.3. The van der Waals surface area contributed by atoms with Crippen molar-refractivity contribution in [3.05, 3.63) is 0 Å². The van der Waals surface area contributed by atoms with Gasteiger partial charge in [-0.05, 0) is 26.2 Å². The second-order valence-electron chi connectivity index (χ2n) is 4.26. The van der Waals surface area contributed by atoms with Gasteiger partial charge in [0, 0.05) is 26.4 Å². The van der Waals surface area contributed by atoms with E-state index in [2.05, 4.69) is 5.32 Å². The Balaban J connectivity index is 1.86. The Morgan fingerprint density at radius 2 is 2.47 bits per heavy atom. The van der Waals surface area contributed by atoms with Crippen molar-refractivity contribution < 1.29 is 19.6 Å². The largest absolute Gasteiger partial charge is 0.382 e. The molecule has 1 aliphatic heterocycles. The Morgan fingerprint density at radius 1 is 1.59 bits per heavy atom. The third-order valence-electron chi connectivity index (χ3n) is 2.78. The van der Waals surface area contributed by atoms with Crippen molar-refractivity contribution in [2.24, 2.45) is 0 Å². The maximum Gasteiger partial charge on any atom is 0.275 e. The molecule has 1 rings (SSSR count). The van der Waals surface area contributed by atoms with E-state index in [1.165, 1.54) is 0 Å². The Morgan fingerprint density at radius 3 is 3.18 bits per heavy atom. The molecule has 1 saturated heterocycles. The number of hydrogen-bond donors (Lipinski definition) is 2. The van der Waals surface area contributed by atoms with Gasteiger partial charge in [-0.3, -0.25) is 4.79 Å². The number of carbonyl (C=O) groups is 1. The molecule has 1 amide bonds. The predicted octanol–water partition coefficient (Wildman–Crippen LogP) is -0.728. The Hall–Kier alpha value is -0.650. The van der Waals surface area contributed by atoms with Crippen molar-refractivity contribution in [1.29, 1.82) is 0 Å². The molecule has 5 nitrogen and oxygen atoms in total. The van der Waals surface area contributed by atoms with Crippen LogP contribution in [0.2, 0.25) is 0 Å². The summed E-state index contributed by atoms with van der Waals surface area (Å²) in [4.78, 5) is 11.4. The van der Waals surface area contributed by atoms with Gasteiger partial charge in [0.2, 0.25) is 0 Å². The van der Waals surface area contributed by atoms with Crippen molar-refractivity contribution in [1.82, 2.24) is 5.32 Å². The molecule has 0 aromatic heterocycles. The minimum atomic E-state index is 0.0968. The van der Waals surface area contributed by atoms with Crippen LogP contribution in [0, 0.1) is 0 Å². The zero-order valence-electron chi connectivity index (χ0n) is 10.7. The molecule has 1 atom stereocenters. The van der Waals surface area contributed by atoms with Gasteiger partial charge in [0.1, 0.15) is 12.6 Å². The van der Waals surface area contributed by atoms with Gasteiger partial charge in [0.15, 0.2) is 6.54 Å². The predicted molar refractivity (Wildman–Crippen MR) is 64.8 cm³/mol. The van der Waals surface area contributed by atoms with E-state index in [4.69, 9.17) is 9.47 Å². The van der Waals surface area contributed by atoms with Crippen LogP contribution >= 0.6 is 0 Å². The number of hydrogen-bond acceptors (Lipinski definition) is 3. The molecule has 17 heavy (non-hydrogen) atoms. The van der Waals surface area contributed by atoms with Crippen molar-refractivity contribution in [3.63, 3.8) is 0 Å². The average molecular weight is 245 g/mol. The number of rotatable bonds is 9. The first-order valence-electron chi connectivity index (χ1n) is 6.60. The molecule has 5 heteroatoms. The molecule has 0 bridgehead atoms. The minimum Gasteiger partial charge on any atom is -0.382 e. The number of nitrogens with one attached hydrogen (secondary N) is 1. The van der Waals surface area contributed by atoms with E-state index in [0.29, 0.717) is 19.2 Å².